The first-order valence-electron chi connectivity index (χ1n) is 2.52. The van der Waals surface area contributed by atoms with Crippen molar-refractivity contribution in [3.63, 3.8) is 0 Å². The van der Waals surface area contributed by atoms with E-state index in [1.807, 2.05) is 13.0 Å². The minimum Gasteiger partial charge on any atom is -0.301 e. The van der Waals surface area contributed by atoms with E-state index in [2.05, 4.69) is 27.5 Å². The van der Waals surface area contributed by atoms with E-state index in [4.69, 9.17) is 0 Å². The average molecular weight is 141 g/mol. The summed E-state index contributed by atoms with van der Waals surface area (Å²) in [6, 6.07) is 1.83. The molecule has 0 saturated heterocycles. The fourth-order valence-corrected chi connectivity index (χ4v) is 0.611. The zero-order chi connectivity index (χ0) is 6.69. The number of hydrogen-bond acceptors (Lipinski definition) is 4. The normalized spacial score (nSPS) is 9.11. The Morgan fingerprint density at radius 3 is 2.89 bits per heavy atom. The second kappa shape index (κ2) is 2.68. The van der Waals surface area contributed by atoms with E-state index in [0.29, 0.717) is 5.95 Å². The molecule has 1 aromatic rings. The number of nitrogens with zero attached hydrogens (tertiary/aromatic N) is 2. The van der Waals surface area contributed by atoms with Gasteiger partial charge in [0.25, 0.3) is 0 Å². The number of nitrogens with one attached hydrogen (secondary N) is 1. The zero-order valence-electron chi connectivity index (χ0n) is 5.00. The molecule has 0 spiro atoms. The molecule has 0 unspecified atom stereocenters. The molecule has 1 aromatic heterocycles. The van der Waals surface area contributed by atoms with Gasteiger partial charge in [-0.05, 0) is 13.0 Å². The summed E-state index contributed by atoms with van der Waals surface area (Å²) in [7, 11) is 0. The maximum absolute atomic E-state index is 3.99. The van der Waals surface area contributed by atoms with Crippen molar-refractivity contribution < 1.29 is 0 Å². The number of hydrogen-bond donors (Lipinski definition) is 2. The van der Waals surface area contributed by atoms with E-state index in [0.717, 1.165) is 5.69 Å². The Balaban J connectivity index is 2.94. The molecule has 0 amide bonds. The van der Waals surface area contributed by atoms with Crippen molar-refractivity contribution >= 4 is 18.8 Å². The van der Waals surface area contributed by atoms with Crippen LogP contribution in [0.5, 0.6) is 0 Å². The summed E-state index contributed by atoms with van der Waals surface area (Å²) in [4.78, 5) is 7.85. The van der Waals surface area contributed by atoms with Crippen molar-refractivity contribution in [2.75, 3.05) is 4.72 Å². The molecule has 0 aliphatic carbocycles. The Labute approximate surface area is 59.1 Å². The Morgan fingerprint density at radius 1 is 1.67 bits per heavy atom. The first kappa shape index (κ1) is 6.35. The molecule has 1 heterocycles. The summed E-state index contributed by atoms with van der Waals surface area (Å²) < 4.78 is 2.54. The van der Waals surface area contributed by atoms with Crippen molar-refractivity contribution in [1.29, 1.82) is 0 Å². The van der Waals surface area contributed by atoms with Gasteiger partial charge in [0, 0.05) is 11.9 Å². The van der Waals surface area contributed by atoms with E-state index in [-0.39, 0.29) is 0 Å². The molecule has 3 nitrogen and oxygen atoms in total. The lowest BCUT2D eigenvalue weighted by atomic mass is 10.5. The largest absolute Gasteiger partial charge is 0.301 e. The summed E-state index contributed by atoms with van der Waals surface area (Å²) in [5, 5.41) is 0. The maximum Gasteiger partial charge on any atom is 0.232 e. The van der Waals surface area contributed by atoms with Crippen LogP contribution in [0.3, 0.4) is 0 Å². The van der Waals surface area contributed by atoms with Crippen LogP contribution in [-0.2, 0) is 0 Å². The highest BCUT2D eigenvalue weighted by molar-refractivity contribution is 7.81. The third-order valence-electron chi connectivity index (χ3n) is 0.895. The molecule has 0 aromatic carbocycles. The van der Waals surface area contributed by atoms with Crippen molar-refractivity contribution in [2.45, 2.75) is 6.92 Å². The topological polar surface area (TPSA) is 37.8 Å². The molecule has 0 aliphatic rings. The second-order valence-corrected chi connectivity index (χ2v) is 1.86. The van der Waals surface area contributed by atoms with E-state index in [1.165, 1.54) is 0 Å². The highest BCUT2D eigenvalue weighted by Crippen LogP contribution is 1.98. The quantitative estimate of drug-likeness (QED) is 0.574. The number of anilines is 1. The fraction of sp³-hybridized carbons (Fsp3) is 0.200. The predicted octanol–water partition coefficient (Wildman–Crippen LogP) is 1.04. The van der Waals surface area contributed by atoms with Crippen LogP contribution in [0.15, 0.2) is 12.3 Å². The molecular weight excluding hydrogens is 134 g/mol. The first-order valence-corrected chi connectivity index (χ1v) is 2.97. The summed E-state index contributed by atoms with van der Waals surface area (Å²) >= 11 is 3.78. The van der Waals surface area contributed by atoms with Crippen molar-refractivity contribution in [1.82, 2.24) is 9.97 Å². The number of aromatic nitrogens is 2. The molecule has 0 radical (unpaired) electrons. The SMILES string of the molecule is Cc1ccnc(NS)n1. The molecule has 0 atom stereocenters. The van der Waals surface area contributed by atoms with Gasteiger partial charge in [0.1, 0.15) is 0 Å². The van der Waals surface area contributed by atoms with Gasteiger partial charge in [0.05, 0.1) is 0 Å². The molecular formula is C5H7N3S. The number of thiol groups is 1. The van der Waals surface area contributed by atoms with Gasteiger partial charge >= 0.3 is 0 Å². The number of aryl methyl sites for hydroxylation is 1. The molecule has 0 aliphatic heterocycles. The molecule has 1 N–H and O–H groups in total. The molecule has 0 saturated carbocycles. The first-order chi connectivity index (χ1) is 4.33. The van der Waals surface area contributed by atoms with Gasteiger partial charge in [0.15, 0.2) is 0 Å². The Morgan fingerprint density at radius 2 is 2.44 bits per heavy atom. The van der Waals surface area contributed by atoms with E-state index < -0.39 is 0 Å². The Kier molecular flexibility index (Phi) is 1.89. The second-order valence-electron chi connectivity index (χ2n) is 1.63. The average Bonchev–Trinajstić information content (AvgIpc) is 1.88. The maximum atomic E-state index is 3.99. The van der Waals surface area contributed by atoms with Crippen LogP contribution in [-0.4, -0.2) is 9.97 Å². The van der Waals surface area contributed by atoms with Gasteiger partial charge in [-0.25, -0.2) is 9.97 Å². The van der Waals surface area contributed by atoms with Gasteiger partial charge < -0.3 is 4.72 Å². The minimum atomic E-state index is 0.540. The highest BCUT2D eigenvalue weighted by atomic mass is 32.1. The fourth-order valence-electron chi connectivity index (χ4n) is 0.503. The van der Waals surface area contributed by atoms with Crippen LogP contribution >= 0.6 is 12.8 Å². The van der Waals surface area contributed by atoms with Crippen LogP contribution in [0.25, 0.3) is 0 Å². The highest BCUT2D eigenvalue weighted by Gasteiger charge is 1.88. The summed E-state index contributed by atoms with van der Waals surface area (Å²) in [6.07, 6.45) is 1.68. The van der Waals surface area contributed by atoms with E-state index in [9.17, 15) is 0 Å². The third-order valence-corrected chi connectivity index (χ3v) is 1.09. The summed E-state index contributed by atoms with van der Waals surface area (Å²) in [5.41, 5.74) is 0.932. The molecule has 0 fully saturated rings. The van der Waals surface area contributed by atoms with Gasteiger partial charge in [-0.1, -0.05) is 12.8 Å². The van der Waals surface area contributed by atoms with Gasteiger partial charge in [-0.15, -0.1) is 0 Å². The van der Waals surface area contributed by atoms with Gasteiger partial charge in [0.2, 0.25) is 5.95 Å². The standard InChI is InChI=1S/C5H7N3S/c1-4-2-3-6-5(7-4)8-9/h2-3,9H,1H3,(H,6,7,8). The van der Waals surface area contributed by atoms with Gasteiger partial charge in [-0.3, -0.25) is 0 Å². The van der Waals surface area contributed by atoms with Crippen LogP contribution in [0.2, 0.25) is 0 Å². The molecule has 48 valence electrons. The van der Waals surface area contributed by atoms with Crippen molar-refractivity contribution in [3.8, 4) is 0 Å². The summed E-state index contributed by atoms with van der Waals surface area (Å²) in [6.45, 7) is 1.90. The van der Waals surface area contributed by atoms with Gasteiger partial charge in [-0.2, -0.15) is 0 Å². The summed E-state index contributed by atoms with van der Waals surface area (Å²) in [5.74, 6) is 0.540. The van der Waals surface area contributed by atoms with Crippen LogP contribution in [0.4, 0.5) is 5.95 Å². The molecule has 9 heavy (non-hydrogen) atoms. The lowest BCUT2D eigenvalue weighted by Gasteiger charge is -1.94. The smallest absolute Gasteiger partial charge is 0.232 e. The molecule has 1 rings (SSSR count). The zero-order valence-corrected chi connectivity index (χ0v) is 5.89. The predicted molar refractivity (Wildman–Crippen MR) is 39.4 cm³/mol. The van der Waals surface area contributed by atoms with Crippen LogP contribution < -0.4 is 4.72 Å². The Bertz CT molecular complexity index is 201. The van der Waals surface area contributed by atoms with Crippen LogP contribution in [0, 0.1) is 6.92 Å². The lowest BCUT2D eigenvalue weighted by Crippen LogP contribution is -1.90. The molecule has 4 heteroatoms. The van der Waals surface area contributed by atoms with Crippen molar-refractivity contribution in [3.05, 3.63) is 18.0 Å². The van der Waals surface area contributed by atoms with Crippen LogP contribution in [0.1, 0.15) is 5.69 Å². The Hall–Kier alpha value is -0.770. The van der Waals surface area contributed by atoms with E-state index >= 15 is 0 Å². The third kappa shape index (κ3) is 1.57. The monoisotopic (exact) mass is 141 g/mol. The lowest BCUT2D eigenvalue weighted by molar-refractivity contribution is 1.12. The minimum absolute atomic E-state index is 0.540. The van der Waals surface area contributed by atoms with Crippen molar-refractivity contribution in [2.24, 2.45) is 0 Å². The van der Waals surface area contributed by atoms with E-state index in [1.54, 1.807) is 6.20 Å². The number of rotatable bonds is 1. The molecule has 0 bridgehead atoms.